The van der Waals surface area contributed by atoms with E-state index >= 15 is 0 Å². The van der Waals surface area contributed by atoms with E-state index in [-0.39, 0.29) is 0 Å². The molecule has 4 heteroatoms. The highest BCUT2D eigenvalue weighted by molar-refractivity contribution is 9.10. The summed E-state index contributed by atoms with van der Waals surface area (Å²) in [5.74, 6) is 0.530. The van der Waals surface area contributed by atoms with Crippen molar-refractivity contribution < 1.29 is 0 Å². The van der Waals surface area contributed by atoms with Crippen molar-refractivity contribution in [3.8, 4) is 5.69 Å². The lowest BCUT2D eigenvalue weighted by Crippen LogP contribution is -2.04. The van der Waals surface area contributed by atoms with Crippen LogP contribution in [0.25, 0.3) is 16.7 Å². The number of nitrogen functional groups attached to an aromatic ring is 1. The van der Waals surface area contributed by atoms with Gasteiger partial charge in [0.15, 0.2) is 0 Å². The first-order valence-corrected chi connectivity index (χ1v) is 7.29. The quantitative estimate of drug-likeness (QED) is 0.723. The monoisotopic (exact) mass is 329 g/mol. The summed E-state index contributed by atoms with van der Waals surface area (Å²) < 4.78 is 3.12. The summed E-state index contributed by atoms with van der Waals surface area (Å²) in [7, 11) is 0. The zero-order chi connectivity index (χ0) is 14.4. The molecule has 0 aliphatic heterocycles. The van der Waals surface area contributed by atoms with Gasteiger partial charge in [-0.15, -0.1) is 0 Å². The van der Waals surface area contributed by atoms with Crippen LogP contribution in [-0.2, 0) is 0 Å². The predicted octanol–water partition coefficient (Wildman–Crippen LogP) is 4.30. The fourth-order valence-corrected chi connectivity index (χ4v) is 3.43. The van der Waals surface area contributed by atoms with Gasteiger partial charge in [0.25, 0.3) is 0 Å². The summed E-state index contributed by atoms with van der Waals surface area (Å²) in [6.45, 7) is 6.24. The van der Waals surface area contributed by atoms with Crippen LogP contribution in [0.5, 0.6) is 0 Å². The zero-order valence-corrected chi connectivity index (χ0v) is 13.3. The van der Waals surface area contributed by atoms with Crippen LogP contribution in [0, 0.1) is 20.8 Å². The van der Waals surface area contributed by atoms with Gasteiger partial charge in [-0.2, -0.15) is 0 Å². The number of para-hydroxylation sites is 1. The number of nitrogens with two attached hydrogens (primary N) is 1. The first-order chi connectivity index (χ1) is 9.49. The smallest absolute Gasteiger partial charge is 0.205 e. The van der Waals surface area contributed by atoms with Gasteiger partial charge in [-0.05, 0) is 55.7 Å². The predicted molar refractivity (Wildman–Crippen MR) is 87.4 cm³/mol. The number of anilines is 1. The Morgan fingerprint density at radius 2 is 1.70 bits per heavy atom. The van der Waals surface area contributed by atoms with Gasteiger partial charge < -0.3 is 5.73 Å². The van der Waals surface area contributed by atoms with E-state index in [1.807, 2.05) is 10.6 Å². The maximum atomic E-state index is 6.17. The van der Waals surface area contributed by atoms with Crippen molar-refractivity contribution in [1.82, 2.24) is 9.55 Å². The van der Waals surface area contributed by atoms with Gasteiger partial charge >= 0.3 is 0 Å². The Bertz CT molecular complexity index is 795. The molecule has 20 heavy (non-hydrogen) atoms. The van der Waals surface area contributed by atoms with Crippen molar-refractivity contribution >= 4 is 32.9 Å². The number of benzene rings is 2. The molecule has 0 saturated heterocycles. The van der Waals surface area contributed by atoms with Crippen LogP contribution in [0.3, 0.4) is 0 Å². The highest BCUT2D eigenvalue weighted by Gasteiger charge is 2.15. The Morgan fingerprint density at radius 1 is 1.05 bits per heavy atom. The van der Waals surface area contributed by atoms with Crippen molar-refractivity contribution in [3.63, 3.8) is 0 Å². The largest absolute Gasteiger partial charge is 0.369 e. The molecule has 0 amide bonds. The Balaban J connectivity index is 2.42. The number of aryl methyl sites for hydroxylation is 3. The number of hydrogen-bond donors (Lipinski definition) is 1. The Kier molecular flexibility index (Phi) is 3.05. The van der Waals surface area contributed by atoms with E-state index in [0.29, 0.717) is 5.95 Å². The number of nitrogens with zero attached hydrogens (tertiary/aromatic N) is 2. The highest BCUT2D eigenvalue weighted by atomic mass is 79.9. The molecule has 1 heterocycles. The van der Waals surface area contributed by atoms with Crippen LogP contribution in [0.4, 0.5) is 5.95 Å². The van der Waals surface area contributed by atoms with Gasteiger partial charge in [0, 0.05) is 4.47 Å². The van der Waals surface area contributed by atoms with E-state index in [1.54, 1.807) is 0 Å². The number of fused-ring (bicyclic) bond motifs is 1. The molecule has 2 aromatic carbocycles. The molecule has 0 fully saturated rings. The average molecular weight is 330 g/mol. The molecule has 0 aliphatic carbocycles. The second kappa shape index (κ2) is 4.63. The second-order valence-electron chi connectivity index (χ2n) is 5.14. The lowest BCUT2D eigenvalue weighted by molar-refractivity contribution is 1.07. The molecule has 3 aromatic rings. The molecule has 0 atom stereocenters. The summed E-state index contributed by atoms with van der Waals surface area (Å²) >= 11 is 3.53. The number of aromatic nitrogens is 2. The molecule has 3 rings (SSSR count). The molecular weight excluding hydrogens is 314 g/mol. The molecule has 0 aliphatic rings. The van der Waals surface area contributed by atoms with Crippen LogP contribution in [0.15, 0.2) is 34.8 Å². The van der Waals surface area contributed by atoms with Crippen LogP contribution in [0.2, 0.25) is 0 Å². The zero-order valence-electron chi connectivity index (χ0n) is 11.7. The third-order valence-corrected chi connectivity index (χ3v) is 4.05. The third-order valence-electron chi connectivity index (χ3n) is 3.59. The van der Waals surface area contributed by atoms with E-state index in [1.165, 1.54) is 11.1 Å². The second-order valence-corrected chi connectivity index (χ2v) is 6.05. The maximum Gasteiger partial charge on any atom is 0.205 e. The van der Waals surface area contributed by atoms with Gasteiger partial charge in [-0.1, -0.05) is 28.1 Å². The van der Waals surface area contributed by atoms with Gasteiger partial charge in [-0.25, -0.2) is 4.98 Å². The van der Waals surface area contributed by atoms with E-state index < -0.39 is 0 Å². The molecule has 1 aromatic heterocycles. The third kappa shape index (κ3) is 1.91. The highest BCUT2D eigenvalue weighted by Crippen LogP contribution is 2.30. The van der Waals surface area contributed by atoms with E-state index in [2.05, 4.69) is 66.0 Å². The fraction of sp³-hybridized carbons (Fsp3) is 0.188. The summed E-state index contributed by atoms with van der Waals surface area (Å²) in [5.41, 5.74) is 12.8. The Morgan fingerprint density at radius 3 is 2.35 bits per heavy atom. The van der Waals surface area contributed by atoms with Gasteiger partial charge in [-0.3, -0.25) is 4.57 Å². The molecule has 3 nitrogen and oxygen atoms in total. The lowest BCUT2D eigenvalue weighted by atomic mass is 10.1. The van der Waals surface area contributed by atoms with Gasteiger partial charge in [0.1, 0.15) is 0 Å². The first kappa shape index (κ1) is 13.2. The Labute approximate surface area is 126 Å². The van der Waals surface area contributed by atoms with Crippen molar-refractivity contribution in [2.75, 3.05) is 5.73 Å². The summed E-state index contributed by atoms with van der Waals surface area (Å²) in [6.07, 6.45) is 0. The molecular formula is C16H16BrN3. The SMILES string of the molecule is Cc1cc(Br)cc(C)c1-n1c(N)nc2c(C)cccc21. The van der Waals surface area contributed by atoms with Crippen LogP contribution in [0.1, 0.15) is 16.7 Å². The minimum atomic E-state index is 0.530. The van der Waals surface area contributed by atoms with Crippen LogP contribution < -0.4 is 5.73 Å². The molecule has 0 bridgehead atoms. The standard InChI is InChI=1S/C16H16BrN3/c1-9-5-4-6-13-14(9)19-16(18)20(13)15-10(2)7-12(17)8-11(15)3/h4-8H,1-3H3,(H2,18,19). The average Bonchev–Trinajstić information content (AvgIpc) is 2.67. The normalized spacial score (nSPS) is 11.2. The Hall–Kier alpha value is -1.81. The molecule has 0 radical (unpaired) electrons. The number of rotatable bonds is 1. The van der Waals surface area contributed by atoms with Gasteiger partial charge in [0.05, 0.1) is 16.7 Å². The molecule has 0 saturated carbocycles. The van der Waals surface area contributed by atoms with Crippen molar-refractivity contribution in [3.05, 3.63) is 51.5 Å². The number of halogens is 1. The molecule has 2 N–H and O–H groups in total. The first-order valence-electron chi connectivity index (χ1n) is 6.49. The molecule has 0 spiro atoms. The van der Waals surface area contributed by atoms with Crippen LogP contribution >= 0.6 is 15.9 Å². The van der Waals surface area contributed by atoms with E-state index in [9.17, 15) is 0 Å². The molecule has 0 unspecified atom stereocenters. The molecule has 102 valence electrons. The van der Waals surface area contributed by atoms with Crippen molar-refractivity contribution in [1.29, 1.82) is 0 Å². The van der Waals surface area contributed by atoms with E-state index in [0.717, 1.165) is 26.8 Å². The minimum absolute atomic E-state index is 0.530. The maximum absolute atomic E-state index is 6.17. The lowest BCUT2D eigenvalue weighted by Gasteiger charge is -2.14. The minimum Gasteiger partial charge on any atom is -0.369 e. The topological polar surface area (TPSA) is 43.8 Å². The van der Waals surface area contributed by atoms with Crippen LogP contribution in [-0.4, -0.2) is 9.55 Å². The van der Waals surface area contributed by atoms with E-state index in [4.69, 9.17) is 5.73 Å². The summed E-state index contributed by atoms with van der Waals surface area (Å²) in [6, 6.07) is 10.4. The van der Waals surface area contributed by atoms with Crippen molar-refractivity contribution in [2.45, 2.75) is 20.8 Å². The summed E-state index contributed by atoms with van der Waals surface area (Å²) in [4.78, 5) is 4.52. The number of imidazole rings is 1. The van der Waals surface area contributed by atoms with Crippen molar-refractivity contribution in [2.24, 2.45) is 0 Å². The van der Waals surface area contributed by atoms with Gasteiger partial charge in [0.2, 0.25) is 5.95 Å². The summed E-state index contributed by atoms with van der Waals surface area (Å²) in [5, 5.41) is 0. The fourth-order valence-electron chi connectivity index (χ4n) is 2.75. The number of hydrogen-bond acceptors (Lipinski definition) is 2.